The normalized spacial score (nSPS) is 13.2. The van der Waals surface area contributed by atoms with Crippen LogP contribution in [0.1, 0.15) is 22.4 Å². The van der Waals surface area contributed by atoms with E-state index in [9.17, 15) is 4.79 Å². The van der Waals surface area contributed by atoms with Crippen LogP contribution in [0, 0.1) is 6.92 Å². The number of aryl methyl sites for hydroxylation is 1. The Balaban J connectivity index is 1.47. The topological polar surface area (TPSA) is 43.1 Å². The van der Waals surface area contributed by atoms with Crippen molar-refractivity contribution in [3.05, 3.63) is 108 Å². The van der Waals surface area contributed by atoms with Gasteiger partial charge in [0.25, 0.3) is 0 Å². The lowest BCUT2D eigenvalue weighted by Gasteiger charge is -2.16. The Morgan fingerprint density at radius 2 is 1.77 bits per heavy atom. The SMILES string of the molecule is Cc1cccc(-n2nc3c(c2-n2cccc2)CN(C(=O)C=Cc2ccccc2)C3)c1. The molecule has 5 heteroatoms. The van der Waals surface area contributed by atoms with E-state index in [1.165, 1.54) is 5.56 Å². The van der Waals surface area contributed by atoms with E-state index in [0.717, 1.165) is 28.3 Å². The summed E-state index contributed by atoms with van der Waals surface area (Å²) in [4.78, 5) is 14.6. The monoisotopic (exact) mass is 394 g/mol. The molecule has 4 aromatic rings. The first kappa shape index (κ1) is 18.2. The summed E-state index contributed by atoms with van der Waals surface area (Å²) in [5.74, 6) is 0.986. The smallest absolute Gasteiger partial charge is 0.247 e. The van der Waals surface area contributed by atoms with Crippen molar-refractivity contribution in [1.82, 2.24) is 19.2 Å². The van der Waals surface area contributed by atoms with Crippen LogP contribution in [-0.4, -0.2) is 25.2 Å². The molecule has 0 radical (unpaired) electrons. The molecule has 5 rings (SSSR count). The van der Waals surface area contributed by atoms with Crippen molar-refractivity contribution in [2.24, 2.45) is 0 Å². The van der Waals surface area contributed by atoms with Crippen molar-refractivity contribution >= 4 is 12.0 Å². The van der Waals surface area contributed by atoms with Gasteiger partial charge in [0, 0.05) is 24.0 Å². The summed E-state index contributed by atoms with van der Waals surface area (Å²) in [5, 5.41) is 4.89. The van der Waals surface area contributed by atoms with Crippen molar-refractivity contribution in [2.45, 2.75) is 20.0 Å². The molecule has 1 aliphatic rings. The maximum atomic E-state index is 12.8. The van der Waals surface area contributed by atoms with Crippen LogP contribution in [0.5, 0.6) is 0 Å². The third-order valence-corrected chi connectivity index (χ3v) is 5.35. The van der Waals surface area contributed by atoms with Crippen LogP contribution < -0.4 is 0 Å². The number of carbonyl (C=O) groups is 1. The molecule has 0 aliphatic carbocycles. The molecule has 2 aromatic heterocycles. The minimum atomic E-state index is -0.00239. The molecule has 1 amide bonds. The molecule has 0 saturated carbocycles. The van der Waals surface area contributed by atoms with E-state index in [1.807, 2.05) is 76.6 Å². The van der Waals surface area contributed by atoms with Gasteiger partial charge in [-0.25, -0.2) is 4.68 Å². The van der Waals surface area contributed by atoms with Crippen LogP contribution in [0.2, 0.25) is 0 Å². The van der Waals surface area contributed by atoms with E-state index in [-0.39, 0.29) is 5.91 Å². The van der Waals surface area contributed by atoms with Gasteiger partial charge in [0.1, 0.15) is 5.82 Å². The molecule has 0 atom stereocenters. The van der Waals surface area contributed by atoms with Gasteiger partial charge >= 0.3 is 0 Å². The quantitative estimate of drug-likeness (QED) is 0.478. The molecule has 3 heterocycles. The number of hydrogen-bond donors (Lipinski definition) is 0. The summed E-state index contributed by atoms with van der Waals surface area (Å²) >= 11 is 0. The molecular weight excluding hydrogens is 372 g/mol. The van der Waals surface area contributed by atoms with Gasteiger partial charge in [0.05, 0.1) is 24.5 Å². The maximum absolute atomic E-state index is 12.8. The fourth-order valence-electron chi connectivity index (χ4n) is 3.88. The van der Waals surface area contributed by atoms with Crippen molar-refractivity contribution in [3.8, 4) is 11.5 Å². The van der Waals surface area contributed by atoms with Gasteiger partial charge in [-0.3, -0.25) is 4.79 Å². The van der Waals surface area contributed by atoms with Gasteiger partial charge in [0.2, 0.25) is 5.91 Å². The molecule has 0 fully saturated rings. The number of aromatic nitrogens is 3. The number of rotatable bonds is 4. The van der Waals surface area contributed by atoms with Gasteiger partial charge in [-0.05, 0) is 48.4 Å². The predicted octanol–water partition coefficient (Wildman–Crippen LogP) is 4.53. The van der Waals surface area contributed by atoms with Crippen LogP contribution >= 0.6 is 0 Å². The molecule has 0 bridgehead atoms. The highest BCUT2D eigenvalue weighted by molar-refractivity contribution is 5.92. The zero-order chi connectivity index (χ0) is 20.5. The number of amides is 1. The molecule has 1 aliphatic heterocycles. The molecule has 148 valence electrons. The van der Waals surface area contributed by atoms with E-state index in [0.29, 0.717) is 13.1 Å². The Morgan fingerprint density at radius 3 is 2.53 bits per heavy atom. The number of hydrogen-bond acceptors (Lipinski definition) is 2. The summed E-state index contributed by atoms with van der Waals surface area (Å²) in [7, 11) is 0. The summed E-state index contributed by atoms with van der Waals surface area (Å²) < 4.78 is 4.06. The van der Waals surface area contributed by atoms with Crippen molar-refractivity contribution < 1.29 is 4.79 Å². The Morgan fingerprint density at radius 1 is 0.967 bits per heavy atom. The number of carbonyl (C=O) groups excluding carboxylic acids is 1. The molecule has 0 saturated heterocycles. The van der Waals surface area contributed by atoms with E-state index < -0.39 is 0 Å². The molecule has 30 heavy (non-hydrogen) atoms. The minimum absolute atomic E-state index is 0.00239. The second-order valence-electron chi connectivity index (χ2n) is 7.53. The average molecular weight is 394 g/mol. The van der Waals surface area contributed by atoms with Gasteiger partial charge < -0.3 is 9.47 Å². The van der Waals surface area contributed by atoms with Crippen LogP contribution in [0.25, 0.3) is 17.6 Å². The summed E-state index contributed by atoms with van der Waals surface area (Å²) in [5.41, 5.74) is 5.26. The van der Waals surface area contributed by atoms with E-state index in [2.05, 4.69) is 29.7 Å². The van der Waals surface area contributed by atoms with Gasteiger partial charge in [-0.2, -0.15) is 5.10 Å². The molecule has 0 unspecified atom stereocenters. The second-order valence-corrected chi connectivity index (χ2v) is 7.53. The third-order valence-electron chi connectivity index (χ3n) is 5.35. The Hall–Kier alpha value is -3.86. The van der Waals surface area contributed by atoms with Gasteiger partial charge in [-0.15, -0.1) is 0 Å². The third kappa shape index (κ3) is 3.35. The largest absolute Gasteiger partial charge is 0.329 e. The zero-order valence-corrected chi connectivity index (χ0v) is 16.8. The van der Waals surface area contributed by atoms with Crippen LogP contribution in [-0.2, 0) is 17.9 Å². The number of benzene rings is 2. The van der Waals surface area contributed by atoms with E-state index in [1.54, 1.807) is 6.08 Å². The van der Waals surface area contributed by atoms with Gasteiger partial charge in [0.15, 0.2) is 0 Å². The zero-order valence-electron chi connectivity index (χ0n) is 16.8. The first-order chi connectivity index (χ1) is 14.7. The van der Waals surface area contributed by atoms with E-state index in [4.69, 9.17) is 5.10 Å². The van der Waals surface area contributed by atoms with Crippen LogP contribution in [0.3, 0.4) is 0 Å². The standard InChI is InChI=1S/C25H22N4O/c1-19-8-7-11-21(16-19)29-25(27-14-5-6-15-27)22-17-28(18-23(22)26-29)24(30)13-12-20-9-3-2-4-10-20/h2-16H,17-18H2,1H3. The highest BCUT2D eigenvalue weighted by Crippen LogP contribution is 2.30. The highest BCUT2D eigenvalue weighted by atomic mass is 16.2. The molecule has 0 N–H and O–H groups in total. The van der Waals surface area contributed by atoms with Crippen LogP contribution in [0.15, 0.2) is 85.2 Å². The first-order valence-electron chi connectivity index (χ1n) is 10.0. The highest BCUT2D eigenvalue weighted by Gasteiger charge is 2.30. The summed E-state index contributed by atoms with van der Waals surface area (Å²) in [6, 6.07) is 22.2. The Kier molecular flexibility index (Phi) is 4.56. The minimum Gasteiger partial charge on any atom is -0.329 e. The molecular formula is C25H22N4O. The number of nitrogens with zero attached hydrogens (tertiary/aromatic N) is 4. The first-order valence-corrected chi connectivity index (χ1v) is 10.0. The molecule has 0 spiro atoms. The molecule has 2 aromatic carbocycles. The maximum Gasteiger partial charge on any atom is 0.247 e. The predicted molar refractivity (Wildman–Crippen MR) is 117 cm³/mol. The van der Waals surface area contributed by atoms with Crippen molar-refractivity contribution in [3.63, 3.8) is 0 Å². The fourth-order valence-corrected chi connectivity index (χ4v) is 3.88. The molecule has 5 nitrogen and oxygen atoms in total. The second kappa shape index (κ2) is 7.52. The van der Waals surface area contributed by atoms with Crippen molar-refractivity contribution in [2.75, 3.05) is 0 Å². The van der Waals surface area contributed by atoms with Crippen molar-refractivity contribution in [1.29, 1.82) is 0 Å². The fraction of sp³-hybridized carbons (Fsp3) is 0.120. The average Bonchev–Trinajstić information content (AvgIpc) is 3.48. The summed E-state index contributed by atoms with van der Waals surface area (Å²) in [6.07, 6.45) is 7.54. The Bertz CT molecular complexity index is 1220. The van der Waals surface area contributed by atoms with Crippen LogP contribution in [0.4, 0.5) is 0 Å². The van der Waals surface area contributed by atoms with E-state index >= 15 is 0 Å². The number of fused-ring (bicyclic) bond motifs is 1. The lowest BCUT2D eigenvalue weighted by molar-refractivity contribution is -0.126. The summed E-state index contributed by atoms with van der Waals surface area (Å²) in [6.45, 7) is 3.14. The Labute approximate surface area is 175 Å². The van der Waals surface area contributed by atoms with Gasteiger partial charge in [-0.1, -0.05) is 42.5 Å². The lowest BCUT2D eigenvalue weighted by atomic mass is 10.2. The lowest BCUT2D eigenvalue weighted by Crippen LogP contribution is -2.24.